The van der Waals surface area contributed by atoms with Crippen LogP contribution in [0.15, 0.2) is 60.7 Å². The second kappa shape index (κ2) is 5.52. The predicted molar refractivity (Wildman–Crippen MR) is 99.2 cm³/mol. The smallest absolute Gasteiger partial charge is 0.211 e. The SMILES string of the molecule is Cc1ccc2sc3ccccc3c2c1-c1ccccc1NC=O. The monoisotopic (exact) mass is 317 g/mol. The lowest BCUT2D eigenvalue weighted by Crippen LogP contribution is -1.97. The molecule has 0 saturated carbocycles. The Morgan fingerprint density at radius 3 is 2.57 bits per heavy atom. The summed E-state index contributed by atoms with van der Waals surface area (Å²) < 4.78 is 2.56. The van der Waals surface area contributed by atoms with E-state index in [1.54, 1.807) is 0 Å². The summed E-state index contributed by atoms with van der Waals surface area (Å²) in [6, 6.07) is 20.8. The molecule has 1 heterocycles. The number of benzene rings is 3. The predicted octanol–water partition coefficient (Wildman–Crippen LogP) is 5.60. The number of amides is 1. The summed E-state index contributed by atoms with van der Waals surface area (Å²) in [7, 11) is 0. The molecule has 0 aliphatic carbocycles. The zero-order valence-corrected chi connectivity index (χ0v) is 13.5. The van der Waals surface area contributed by atoms with Crippen molar-refractivity contribution in [2.75, 3.05) is 5.32 Å². The highest BCUT2D eigenvalue weighted by Crippen LogP contribution is 2.43. The summed E-state index contributed by atoms with van der Waals surface area (Å²) >= 11 is 1.81. The summed E-state index contributed by atoms with van der Waals surface area (Å²) in [6.45, 7) is 2.12. The van der Waals surface area contributed by atoms with Crippen LogP contribution in [-0.4, -0.2) is 6.41 Å². The van der Waals surface area contributed by atoms with E-state index in [2.05, 4.69) is 54.7 Å². The van der Waals surface area contributed by atoms with Gasteiger partial charge in [0.2, 0.25) is 6.41 Å². The molecule has 3 aromatic carbocycles. The first-order valence-electron chi connectivity index (χ1n) is 7.50. The van der Waals surface area contributed by atoms with Gasteiger partial charge in [-0.05, 0) is 36.2 Å². The Kier molecular flexibility index (Phi) is 3.36. The molecule has 0 bridgehead atoms. The Morgan fingerprint density at radius 2 is 1.70 bits per heavy atom. The lowest BCUT2D eigenvalue weighted by atomic mass is 9.94. The molecular weight excluding hydrogens is 302 g/mol. The van der Waals surface area contributed by atoms with Crippen molar-refractivity contribution >= 4 is 43.6 Å². The molecule has 0 spiro atoms. The third-order valence-electron chi connectivity index (χ3n) is 4.16. The molecule has 0 atom stereocenters. The topological polar surface area (TPSA) is 29.1 Å². The summed E-state index contributed by atoms with van der Waals surface area (Å²) in [6.07, 6.45) is 0.736. The van der Waals surface area contributed by atoms with Gasteiger partial charge in [0.1, 0.15) is 0 Å². The molecule has 3 heteroatoms. The Bertz CT molecular complexity index is 1030. The highest BCUT2D eigenvalue weighted by atomic mass is 32.1. The number of hydrogen-bond acceptors (Lipinski definition) is 2. The lowest BCUT2D eigenvalue weighted by Gasteiger charge is -2.13. The minimum Gasteiger partial charge on any atom is -0.328 e. The second-order valence-electron chi connectivity index (χ2n) is 5.54. The van der Waals surface area contributed by atoms with Crippen LogP contribution in [0.4, 0.5) is 5.69 Å². The summed E-state index contributed by atoms with van der Waals surface area (Å²) in [5.41, 5.74) is 4.31. The molecular formula is C20H15NOS. The summed E-state index contributed by atoms with van der Waals surface area (Å²) in [4.78, 5) is 11.0. The van der Waals surface area contributed by atoms with Crippen molar-refractivity contribution in [3.63, 3.8) is 0 Å². The minimum atomic E-state index is 0.736. The Labute approximate surface area is 138 Å². The molecule has 1 N–H and O–H groups in total. The first-order chi connectivity index (χ1) is 11.3. The molecule has 0 saturated heterocycles. The molecule has 0 aliphatic rings. The molecule has 0 fully saturated rings. The number of para-hydroxylation sites is 1. The number of nitrogens with one attached hydrogen (secondary N) is 1. The first kappa shape index (κ1) is 14.0. The van der Waals surface area contributed by atoms with Gasteiger partial charge in [-0.3, -0.25) is 4.79 Å². The van der Waals surface area contributed by atoms with Gasteiger partial charge in [0.05, 0.1) is 0 Å². The average molecular weight is 317 g/mol. The zero-order valence-electron chi connectivity index (χ0n) is 12.7. The molecule has 4 rings (SSSR count). The maximum absolute atomic E-state index is 11.0. The van der Waals surface area contributed by atoms with Crippen molar-refractivity contribution < 1.29 is 4.79 Å². The van der Waals surface area contributed by atoms with Gasteiger partial charge in [-0.2, -0.15) is 0 Å². The molecule has 23 heavy (non-hydrogen) atoms. The van der Waals surface area contributed by atoms with E-state index in [1.807, 2.05) is 29.5 Å². The maximum atomic E-state index is 11.0. The number of fused-ring (bicyclic) bond motifs is 3. The van der Waals surface area contributed by atoms with Crippen LogP contribution >= 0.6 is 11.3 Å². The fourth-order valence-electron chi connectivity index (χ4n) is 3.16. The van der Waals surface area contributed by atoms with Gasteiger partial charge in [-0.1, -0.05) is 42.5 Å². The van der Waals surface area contributed by atoms with Crippen molar-refractivity contribution in [1.82, 2.24) is 0 Å². The van der Waals surface area contributed by atoms with Crippen molar-refractivity contribution in [1.29, 1.82) is 0 Å². The number of rotatable bonds is 3. The van der Waals surface area contributed by atoms with Crippen molar-refractivity contribution in [3.8, 4) is 11.1 Å². The molecule has 0 unspecified atom stereocenters. The molecule has 1 amide bonds. The third kappa shape index (κ3) is 2.21. The molecule has 2 nitrogen and oxygen atoms in total. The van der Waals surface area contributed by atoms with Gasteiger partial charge in [-0.15, -0.1) is 11.3 Å². The fourth-order valence-corrected chi connectivity index (χ4v) is 4.27. The van der Waals surface area contributed by atoms with Crippen LogP contribution in [0, 0.1) is 6.92 Å². The average Bonchev–Trinajstić information content (AvgIpc) is 2.95. The van der Waals surface area contributed by atoms with Crippen LogP contribution < -0.4 is 5.32 Å². The van der Waals surface area contributed by atoms with Crippen LogP contribution in [0.25, 0.3) is 31.3 Å². The first-order valence-corrected chi connectivity index (χ1v) is 8.31. The number of thiophene rings is 1. The van der Waals surface area contributed by atoms with Crippen LogP contribution in [0.5, 0.6) is 0 Å². The zero-order chi connectivity index (χ0) is 15.8. The number of anilines is 1. The molecule has 0 radical (unpaired) electrons. The number of carbonyl (C=O) groups excluding carboxylic acids is 1. The van der Waals surface area contributed by atoms with E-state index in [0.29, 0.717) is 0 Å². The Balaban J connectivity index is 2.15. The van der Waals surface area contributed by atoms with Gasteiger partial charge in [0, 0.05) is 31.4 Å². The standard InChI is InChI=1S/C20H15NOS/c1-13-10-11-18-20(15-7-3-5-9-17(15)23-18)19(13)14-6-2-4-8-16(14)21-12-22/h2-12H,1H3,(H,21,22). The van der Waals surface area contributed by atoms with E-state index in [-0.39, 0.29) is 0 Å². The van der Waals surface area contributed by atoms with Gasteiger partial charge in [0.15, 0.2) is 0 Å². The Hall–Kier alpha value is -2.65. The van der Waals surface area contributed by atoms with Crippen molar-refractivity contribution in [3.05, 3.63) is 66.2 Å². The maximum Gasteiger partial charge on any atom is 0.211 e. The molecule has 112 valence electrons. The van der Waals surface area contributed by atoms with Gasteiger partial charge < -0.3 is 5.32 Å². The third-order valence-corrected chi connectivity index (χ3v) is 5.30. The van der Waals surface area contributed by atoms with E-state index in [9.17, 15) is 4.79 Å². The largest absolute Gasteiger partial charge is 0.328 e. The lowest BCUT2D eigenvalue weighted by molar-refractivity contribution is -0.105. The van der Waals surface area contributed by atoms with E-state index in [4.69, 9.17) is 0 Å². The number of hydrogen-bond donors (Lipinski definition) is 1. The van der Waals surface area contributed by atoms with E-state index < -0.39 is 0 Å². The normalized spacial score (nSPS) is 11.0. The van der Waals surface area contributed by atoms with Crippen molar-refractivity contribution in [2.45, 2.75) is 6.92 Å². The van der Waals surface area contributed by atoms with Crippen LogP contribution in [0.2, 0.25) is 0 Å². The molecule has 4 aromatic rings. The quantitative estimate of drug-likeness (QED) is 0.490. The number of carbonyl (C=O) groups is 1. The summed E-state index contributed by atoms with van der Waals surface area (Å²) in [5.74, 6) is 0. The van der Waals surface area contributed by atoms with E-state index >= 15 is 0 Å². The van der Waals surface area contributed by atoms with E-state index in [0.717, 1.165) is 17.7 Å². The van der Waals surface area contributed by atoms with E-state index in [1.165, 1.54) is 31.3 Å². The highest BCUT2D eigenvalue weighted by Gasteiger charge is 2.15. The van der Waals surface area contributed by atoms with Crippen LogP contribution in [-0.2, 0) is 4.79 Å². The van der Waals surface area contributed by atoms with Crippen LogP contribution in [0.1, 0.15) is 5.56 Å². The van der Waals surface area contributed by atoms with Gasteiger partial charge >= 0.3 is 0 Å². The number of aryl methyl sites for hydroxylation is 1. The van der Waals surface area contributed by atoms with Crippen molar-refractivity contribution in [2.24, 2.45) is 0 Å². The van der Waals surface area contributed by atoms with Gasteiger partial charge in [0.25, 0.3) is 0 Å². The van der Waals surface area contributed by atoms with Crippen LogP contribution in [0.3, 0.4) is 0 Å². The second-order valence-corrected chi connectivity index (χ2v) is 6.62. The Morgan fingerprint density at radius 1 is 0.913 bits per heavy atom. The fraction of sp³-hybridized carbons (Fsp3) is 0.0500. The summed E-state index contributed by atoms with van der Waals surface area (Å²) in [5, 5.41) is 5.37. The molecule has 1 aromatic heterocycles. The highest BCUT2D eigenvalue weighted by molar-refractivity contribution is 7.25. The molecule has 0 aliphatic heterocycles. The minimum absolute atomic E-state index is 0.736. The van der Waals surface area contributed by atoms with Gasteiger partial charge in [-0.25, -0.2) is 0 Å².